The van der Waals surface area contributed by atoms with Crippen molar-refractivity contribution in [1.82, 2.24) is 5.32 Å². The van der Waals surface area contributed by atoms with Crippen molar-refractivity contribution in [3.63, 3.8) is 0 Å². The lowest BCUT2D eigenvalue weighted by molar-refractivity contribution is -0.155. The number of aromatic carboxylic acids is 1. The van der Waals surface area contributed by atoms with Gasteiger partial charge in [0.05, 0.1) is 18.1 Å². The van der Waals surface area contributed by atoms with E-state index in [1.807, 2.05) is 38.1 Å². The van der Waals surface area contributed by atoms with Crippen LogP contribution in [0.15, 0.2) is 42.5 Å². The number of carboxylic acids is 2. The molecule has 0 aromatic heterocycles. The summed E-state index contributed by atoms with van der Waals surface area (Å²) in [6, 6.07) is 12.8. The first-order valence-corrected chi connectivity index (χ1v) is 10.1. The Labute approximate surface area is 176 Å². The monoisotopic (exact) mass is 411 g/mol. The van der Waals surface area contributed by atoms with Crippen LogP contribution >= 0.6 is 0 Å². The van der Waals surface area contributed by atoms with Gasteiger partial charge in [-0.2, -0.15) is 0 Å². The fraction of sp³-hybridized carbons (Fsp3) is 0.417. The Morgan fingerprint density at radius 2 is 1.80 bits per heavy atom. The number of hydrogen-bond donors (Lipinski definition) is 3. The Balaban J connectivity index is 1.75. The van der Waals surface area contributed by atoms with E-state index in [1.54, 1.807) is 25.3 Å². The second kappa shape index (κ2) is 8.48. The number of ether oxygens (including phenoxy) is 1. The molecule has 0 radical (unpaired) electrons. The van der Waals surface area contributed by atoms with Gasteiger partial charge in [-0.05, 0) is 66.8 Å². The van der Waals surface area contributed by atoms with E-state index in [2.05, 4.69) is 5.32 Å². The number of fused-ring (bicyclic) bond motifs is 1. The van der Waals surface area contributed by atoms with Crippen molar-refractivity contribution in [3.8, 4) is 5.75 Å². The molecule has 0 spiro atoms. The highest BCUT2D eigenvalue weighted by Crippen LogP contribution is 2.52. The molecule has 1 aliphatic carbocycles. The first-order valence-electron chi connectivity index (χ1n) is 10.1. The molecule has 0 heterocycles. The van der Waals surface area contributed by atoms with Gasteiger partial charge in [0.25, 0.3) is 0 Å². The van der Waals surface area contributed by atoms with E-state index in [-0.39, 0.29) is 5.56 Å². The third kappa shape index (κ3) is 3.92. The molecule has 0 saturated carbocycles. The van der Waals surface area contributed by atoms with E-state index in [0.717, 1.165) is 22.4 Å². The van der Waals surface area contributed by atoms with Crippen molar-refractivity contribution in [1.29, 1.82) is 0 Å². The molecule has 0 aliphatic heterocycles. The summed E-state index contributed by atoms with van der Waals surface area (Å²) in [4.78, 5) is 23.8. The van der Waals surface area contributed by atoms with Crippen molar-refractivity contribution in [2.75, 3.05) is 13.7 Å². The quantitative estimate of drug-likeness (QED) is 0.571. The van der Waals surface area contributed by atoms with Crippen LogP contribution in [-0.2, 0) is 23.2 Å². The number of aryl methyl sites for hydroxylation is 1. The van der Waals surface area contributed by atoms with E-state index in [9.17, 15) is 19.8 Å². The maximum atomic E-state index is 12.5. The van der Waals surface area contributed by atoms with Crippen molar-refractivity contribution in [3.05, 3.63) is 64.7 Å². The Hall–Kier alpha value is -2.86. The van der Waals surface area contributed by atoms with Crippen molar-refractivity contribution in [2.45, 2.75) is 45.1 Å². The fourth-order valence-electron chi connectivity index (χ4n) is 4.66. The standard InChI is InChI=1S/C24H29NO5/c1-23(2)20-9-6-18(21(26)27)14-17(20)10-11-24(23,22(28)29)12-13-25-15-16-4-7-19(30-3)8-5-16/h4-9,14,25H,10-13,15H2,1-3H3,(H,26,27)(H,28,29). The molecular weight excluding hydrogens is 382 g/mol. The molecule has 160 valence electrons. The zero-order valence-electron chi connectivity index (χ0n) is 17.7. The Morgan fingerprint density at radius 3 is 2.40 bits per heavy atom. The van der Waals surface area contributed by atoms with Gasteiger partial charge in [0.1, 0.15) is 5.75 Å². The summed E-state index contributed by atoms with van der Waals surface area (Å²) in [5, 5.41) is 22.9. The van der Waals surface area contributed by atoms with Gasteiger partial charge >= 0.3 is 11.9 Å². The maximum absolute atomic E-state index is 12.5. The van der Waals surface area contributed by atoms with E-state index >= 15 is 0 Å². The number of methoxy groups -OCH3 is 1. The van der Waals surface area contributed by atoms with Crippen LogP contribution in [0.4, 0.5) is 0 Å². The van der Waals surface area contributed by atoms with Crippen LogP contribution in [0.1, 0.15) is 53.7 Å². The highest BCUT2D eigenvalue weighted by Gasteiger charge is 2.54. The van der Waals surface area contributed by atoms with Gasteiger partial charge < -0.3 is 20.3 Å². The Kier molecular flexibility index (Phi) is 6.17. The second-order valence-electron chi connectivity index (χ2n) is 8.46. The lowest BCUT2D eigenvalue weighted by Crippen LogP contribution is -2.52. The van der Waals surface area contributed by atoms with Gasteiger partial charge in [0.2, 0.25) is 0 Å². The predicted molar refractivity (Wildman–Crippen MR) is 114 cm³/mol. The number of carboxylic acid groups (broad SMARTS) is 2. The summed E-state index contributed by atoms with van der Waals surface area (Å²) in [5.74, 6) is -0.961. The van der Waals surface area contributed by atoms with Crippen LogP contribution in [0.3, 0.4) is 0 Å². The molecular formula is C24H29NO5. The molecule has 1 aliphatic rings. The molecule has 1 unspecified atom stereocenters. The third-order valence-electron chi connectivity index (χ3n) is 6.67. The first kappa shape index (κ1) is 21.8. The SMILES string of the molecule is COc1ccc(CNCCC2(C(=O)O)CCc3cc(C(=O)O)ccc3C2(C)C)cc1. The van der Waals surface area contributed by atoms with E-state index in [4.69, 9.17) is 4.74 Å². The molecule has 0 amide bonds. The molecule has 0 fully saturated rings. The number of carbonyl (C=O) groups is 2. The number of aliphatic carboxylic acids is 1. The van der Waals surface area contributed by atoms with Gasteiger partial charge in [-0.15, -0.1) is 0 Å². The van der Waals surface area contributed by atoms with Crippen molar-refractivity contribution >= 4 is 11.9 Å². The van der Waals surface area contributed by atoms with E-state index in [0.29, 0.717) is 32.4 Å². The highest BCUT2D eigenvalue weighted by molar-refractivity contribution is 5.88. The predicted octanol–water partition coefficient (Wildman–Crippen LogP) is 3.87. The molecule has 2 aromatic carbocycles. The van der Waals surface area contributed by atoms with Gasteiger partial charge in [-0.1, -0.05) is 32.0 Å². The summed E-state index contributed by atoms with van der Waals surface area (Å²) < 4.78 is 5.17. The molecule has 0 saturated heterocycles. The molecule has 2 aromatic rings. The minimum Gasteiger partial charge on any atom is -0.497 e. The number of hydrogen-bond acceptors (Lipinski definition) is 4. The van der Waals surface area contributed by atoms with Crippen LogP contribution in [0, 0.1) is 5.41 Å². The number of rotatable bonds is 8. The average molecular weight is 411 g/mol. The largest absolute Gasteiger partial charge is 0.497 e. The summed E-state index contributed by atoms with van der Waals surface area (Å²) >= 11 is 0. The van der Waals surface area contributed by atoms with Crippen LogP contribution in [-0.4, -0.2) is 35.8 Å². The van der Waals surface area contributed by atoms with Crippen molar-refractivity contribution in [2.24, 2.45) is 5.41 Å². The van der Waals surface area contributed by atoms with E-state index in [1.165, 1.54) is 0 Å². The highest BCUT2D eigenvalue weighted by atomic mass is 16.5. The molecule has 0 bridgehead atoms. The van der Waals surface area contributed by atoms with Gasteiger partial charge in [-0.25, -0.2) is 4.79 Å². The van der Waals surface area contributed by atoms with E-state index < -0.39 is 22.8 Å². The minimum atomic E-state index is -0.964. The fourth-order valence-corrected chi connectivity index (χ4v) is 4.66. The van der Waals surface area contributed by atoms with Crippen LogP contribution in [0.5, 0.6) is 5.75 Å². The third-order valence-corrected chi connectivity index (χ3v) is 6.67. The Morgan fingerprint density at radius 1 is 1.10 bits per heavy atom. The average Bonchev–Trinajstić information content (AvgIpc) is 2.72. The van der Waals surface area contributed by atoms with Crippen LogP contribution in [0.25, 0.3) is 0 Å². The minimum absolute atomic E-state index is 0.244. The lowest BCUT2D eigenvalue weighted by atomic mass is 9.54. The smallest absolute Gasteiger partial charge is 0.335 e. The molecule has 3 rings (SSSR count). The van der Waals surface area contributed by atoms with Gasteiger partial charge in [0, 0.05) is 12.0 Å². The molecule has 30 heavy (non-hydrogen) atoms. The molecule has 3 N–H and O–H groups in total. The van der Waals surface area contributed by atoms with Crippen LogP contribution in [0.2, 0.25) is 0 Å². The molecule has 1 atom stereocenters. The summed E-state index contributed by atoms with van der Waals surface area (Å²) in [6.07, 6.45) is 1.53. The molecule has 6 heteroatoms. The van der Waals surface area contributed by atoms with Crippen molar-refractivity contribution < 1.29 is 24.5 Å². The maximum Gasteiger partial charge on any atom is 0.335 e. The summed E-state index contributed by atoms with van der Waals surface area (Å²) in [6.45, 7) is 5.15. The summed E-state index contributed by atoms with van der Waals surface area (Å²) in [5.41, 5.74) is 1.67. The number of benzene rings is 2. The Bertz CT molecular complexity index is 935. The topological polar surface area (TPSA) is 95.9 Å². The van der Waals surface area contributed by atoms with Gasteiger partial charge in [-0.3, -0.25) is 4.79 Å². The lowest BCUT2D eigenvalue weighted by Gasteiger charge is -2.48. The molecule has 6 nitrogen and oxygen atoms in total. The normalized spacial score (nSPS) is 19.7. The number of nitrogens with one attached hydrogen (secondary N) is 1. The first-order chi connectivity index (χ1) is 14.2. The summed E-state index contributed by atoms with van der Waals surface area (Å²) in [7, 11) is 1.63. The zero-order valence-corrected chi connectivity index (χ0v) is 17.7. The van der Waals surface area contributed by atoms with Gasteiger partial charge in [0.15, 0.2) is 0 Å². The van der Waals surface area contributed by atoms with Crippen LogP contribution < -0.4 is 10.1 Å². The zero-order chi connectivity index (χ0) is 21.9. The second-order valence-corrected chi connectivity index (χ2v) is 8.46.